The number of carbonyl (C=O) groups is 2. The van der Waals surface area contributed by atoms with Crippen molar-refractivity contribution in [1.82, 2.24) is 10.6 Å². The van der Waals surface area contributed by atoms with Crippen LogP contribution in [0, 0.1) is 0 Å². The molecule has 1 atom stereocenters. The lowest BCUT2D eigenvalue weighted by Crippen LogP contribution is -2.40. The first-order chi connectivity index (χ1) is 8.15. The summed E-state index contributed by atoms with van der Waals surface area (Å²) in [5.74, 6) is -1.28. The number of carbonyl (C=O) groups excluding carboxylic acids is 2. The standard InChI is InChI=1S/C13H16N2O2/c1-3-9-14-12(16)13(17)15-10(2)11-7-5-4-6-8-11/h3-8,10H,1,9H2,2H3,(H,14,16)(H,15,17)/t10-/m0/s1. The first-order valence-corrected chi connectivity index (χ1v) is 5.39. The molecular weight excluding hydrogens is 216 g/mol. The molecule has 0 heterocycles. The smallest absolute Gasteiger partial charge is 0.309 e. The van der Waals surface area contributed by atoms with Crippen LogP contribution in [0.2, 0.25) is 0 Å². The van der Waals surface area contributed by atoms with Crippen LogP contribution in [0.1, 0.15) is 18.5 Å². The molecule has 0 aromatic heterocycles. The average molecular weight is 232 g/mol. The Morgan fingerprint density at radius 3 is 2.53 bits per heavy atom. The van der Waals surface area contributed by atoms with Crippen molar-refractivity contribution in [1.29, 1.82) is 0 Å². The van der Waals surface area contributed by atoms with E-state index < -0.39 is 11.8 Å². The van der Waals surface area contributed by atoms with E-state index in [1.807, 2.05) is 37.3 Å². The molecule has 2 N–H and O–H groups in total. The van der Waals surface area contributed by atoms with E-state index in [4.69, 9.17) is 0 Å². The van der Waals surface area contributed by atoms with Gasteiger partial charge < -0.3 is 10.6 Å². The summed E-state index contributed by atoms with van der Waals surface area (Å²) in [6.45, 7) is 5.57. The monoisotopic (exact) mass is 232 g/mol. The minimum Gasteiger partial charge on any atom is -0.344 e. The van der Waals surface area contributed by atoms with Crippen LogP contribution in [0.3, 0.4) is 0 Å². The van der Waals surface area contributed by atoms with Crippen molar-refractivity contribution in [2.45, 2.75) is 13.0 Å². The highest BCUT2D eigenvalue weighted by Crippen LogP contribution is 2.10. The Labute approximate surface area is 101 Å². The average Bonchev–Trinajstić information content (AvgIpc) is 2.36. The fourth-order valence-electron chi connectivity index (χ4n) is 1.33. The molecule has 4 nitrogen and oxygen atoms in total. The topological polar surface area (TPSA) is 58.2 Å². The third kappa shape index (κ3) is 4.10. The lowest BCUT2D eigenvalue weighted by atomic mass is 10.1. The van der Waals surface area contributed by atoms with Crippen LogP contribution in [0.15, 0.2) is 43.0 Å². The third-order valence-electron chi connectivity index (χ3n) is 2.26. The highest BCUT2D eigenvalue weighted by atomic mass is 16.2. The largest absolute Gasteiger partial charge is 0.344 e. The first-order valence-electron chi connectivity index (χ1n) is 5.39. The lowest BCUT2D eigenvalue weighted by Gasteiger charge is -2.13. The van der Waals surface area contributed by atoms with Crippen molar-refractivity contribution in [3.05, 3.63) is 48.6 Å². The Balaban J connectivity index is 2.51. The number of hydrogen-bond acceptors (Lipinski definition) is 2. The molecule has 1 aromatic rings. The van der Waals surface area contributed by atoms with Crippen LogP contribution in [-0.2, 0) is 9.59 Å². The Morgan fingerprint density at radius 1 is 1.29 bits per heavy atom. The fraction of sp³-hybridized carbons (Fsp3) is 0.231. The SMILES string of the molecule is C=CCNC(=O)C(=O)N[C@@H](C)c1ccccc1. The molecule has 0 bridgehead atoms. The van der Waals surface area contributed by atoms with Gasteiger partial charge in [-0.05, 0) is 12.5 Å². The Morgan fingerprint density at radius 2 is 1.94 bits per heavy atom. The molecule has 0 aliphatic carbocycles. The minimum atomic E-state index is -0.646. The molecule has 4 heteroatoms. The molecule has 2 amide bonds. The van der Waals surface area contributed by atoms with E-state index in [9.17, 15) is 9.59 Å². The van der Waals surface area contributed by atoms with Crippen LogP contribution in [0.25, 0.3) is 0 Å². The number of hydrogen-bond donors (Lipinski definition) is 2. The van der Waals surface area contributed by atoms with Crippen molar-refractivity contribution < 1.29 is 9.59 Å². The molecule has 0 saturated heterocycles. The molecule has 90 valence electrons. The second-order valence-corrected chi connectivity index (χ2v) is 3.60. The number of nitrogens with one attached hydrogen (secondary N) is 2. The molecule has 1 aromatic carbocycles. The molecule has 0 aliphatic heterocycles. The zero-order valence-electron chi connectivity index (χ0n) is 9.77. The van der Waals surface area contributed by atoms with Crippen molar-refractivity contribution >= 4 is 11.8 Å². The van der Waals surface area contributed by atoms with Gasteiger partial charge in [0, 0.05) is 6.54 Å². The van der Waals surface area contributed by atoms with Crippen molar-refractivity contribution in [3.8, 4) is 0 Å². The minimum absolute atomic E-state index is 0.196. The van der Waals surface area contributed by atoms with Gasteiger partial charge in [-0.3, -0.25) is 9.59 Å². The lowest BCUT2D eigenvalue weighted by molar-refractivity contribution is -0.139. The second kappa shape index (κ2) is 6.48. The van der Waals surface area contributed by atoms with Crippen LogP contribution >= 0.6 is 0 Å². The third-order valence-corrected chi connectivity index (χ3v) is 2.26. The highest BCUT2D eigenvalue weighted by molar-refractivity contribution is 6.35. The summed E-state index contributed by atoms with van der Waals surface area (Å²) in [5.41, 5.74) is 0.956. The Hall–Kier alpha value is -2.10. The van der Waals surface area contributed by atoms with E-state index in [1.165, 1.54) is 6.08 Å². The number of amides is 2. The van der Waals surface area contributed by atoms with Gasteiger partial charge in [0.1, 0.15) is 0 Å². The van der Waals surface area contributed by atoms with Gasteiger partial charge in [0.2, 0.25) is 0 Å². The van der Waals surface area contributed by atoms with Crippen LogP contribution in [0.5, 0.6) is 0 Å². The van der Waals surface area contributed by atoms with E-state index in [0.29, 0.717) is 0 Å². The summed E-state index contributed by atoms with van der Waals surface area (Å²) in [5, 5.41) is 5.04. The summed E-state index contributed by atoms with van der Waals surface area (Å²) < 4.78 is 0. The van der Waals surface area contributed by atoms with Gasteiger partial charge >= 0.3 is 11.8 Å². The summed E-state index contributed by atoms with van der Waals surface area (Å²) in [7, 11) is 0. The maximum absolute atomic E-state index is 11.5. The summed E-state index contributed by atoms with van der Waals surface area (Å²) in [6.07, 6.45) is 1.52. The molecular formula is C13H16N2O2. The van der Waals surface area contributed by atoms with Crippen LogP contribution in [-0.4, -0.2) is 18.4 Å². The van der Waals surface area contributed by atoms with Gasteiger partial charge in [-0.1, -0.05) is 36.4 Å². The van der Waals surface area contributed by atoms with E-state index in [1.54, 1.807) is 0 Å². The summed E-state index contributed by atoms with van der Waals surface area (Å²) >= 11 is 0. The molecule has 0 fully saturated rings. The molecule has 0 radical (unpaired) electrons. The fourth-order valence-corrected chi connectivity index (χ4v) is 1.33. The number of rotatable bonds is 4. The normalized spacial score (nSPS) is 11.4. The zero-order valence-corrected chi connectivity index (χ0v) is 9.77. The van der Waals surface area contributed by atoms with Gasteiger partial charge in [-0.25, -0.2) is 0 Å². The predicted molar refractivity (Wildman–Crippen MR) is 66.2 cm³/mol. The molecule has 0 aliphatic rings. The quantitative estimate of drug-likeness (QED) is 0.604. The van der Waals surface area contributed by atoms with Crippen LogP contribution < -0.4 is 10.6 Å². The summed E-state index contributed by atoms with van der Waals surface area (Å²) in [6, 6.07) is 9.26. The van der Waals surface area contributed by atoms with E-state index in [2.05, 4.69) is 17.2 Å². The van der Waals surface area contributed by atoms with Gasteiger partial charge in [0.05, 0.1) is 6.04 Å². The summed E-state index contributed by atoms with van der Waals surface area (Å²) in [4.78, 5) is 22.8. The van der Waals surface area contributed by atoms with Crippen molar-refractivity contribution in [2.75, 3.05) is 6.54 Å². The predicted octanol–water partition coefficient (Wildman–Crippen LogP) is 1.17. The van der Waals surface area contributed by atoms with Crippen molar-refractivity contribution in [3.63, 3.8) is 0 Å². The molecule has 0 unspecified atom stereocenters. The first kappa shape index (κ1) is 13.0. The van der Waals surface area contributed by atoms with Gasteiger partial charge in [0.15, 0.2) is 0 Å². The maximum atomic E-state index is 11.5. The maximum Gasteiger partial charge on any atom is 0.309 e. The zero-order chi connectivity index (χ0) is 12.7. The van der Waals surface area contributed by atoms with Gasteiger partial charge in [0.25, 0.3) is 0 Å². The van der Waals surface area contributed by atoms with Gasteiger partial charge in [-0.2, -0.15) is 0 Å². The molecule has 1 rings (SSSR count). The van der Waals surface area contributed by atoms with E-state index in [-0.39, 0.29) is 12.6 Å². The van der Waals surface area contributed by atoms with Crippen molar-refractivity contribution in [2.24, 2.45) is 0 Å². The van der Waals surface area contributed by atoms with E-state index >= 15 is 0 Å². The highest BCUT2D eigenvalue weighted by Gasteiger charge is 2.15. The molecule has 0 saturated carbocycles. The van der Waals surface area contributed by atoms with E-state index in [0.717, 1.165) is 5.56 Å². The Kier molecular flexibility index (Phi) is 4.94. The van der Waals surface area contributed by atoms with Gasteiger partial charge in [-0.15, -0.1) is 6.58 Å². The van der Waals surface area contributed by atoms with Crippen LogP contribution in [0.4, 0.5) is 0 Å². The molecule has 0 spiro atoms. The molecule has 17 heavy (non-hydrogen) atoms. The Bertz CT molecular complexity index is 401. The second-order valence-electron chi connectivity index (χ2n) is 3.60. The number of benzene rings is 1.